The van der Waals surface area contributed by atoms with Crippen molar-refractivity contribution in [3.8, 4) is 0 Å². The topological polar surface area (TPSA) is 33.2 Å². The first-order valence-electron chi connectivity index (χ1n) is 5.59. The van der Waals surface area contributed by atoms with Crippen LogP contribution in [0.4, 0.5) is 4.39 Å². The second kappa shape index (κ2) is 4.53. The minimum Gasteiger partial charge on any atom is -0.378 e. The van der Waals surface area contributed by atoms with Gasteiger partial charge in [0.15, 0.2) is 4.77 Å². The van der Waals surface area contributed by atoms with E-state index in [1.807, 2.05) is 9.69 Å². The van der Waals surface area contributed by atoms with Gasteiger partial charge in [-0.15, -0.1) is 0 Å². The van der Waals surface area contributed by atoms with E-state index in [2.05, 4.69) is 4.98 Å². The van der Waals surface area contributed by atoms with Crippen LogP contribution >= 0.6 is 23.8 Å². The number of nitrogens with one attached hydrogen (secondary N) is 1. The molecule has 1 saturated heterocycles. The van der Waals surface area contributed by atoms with E-state index >= 15 is 0 Å². The molecule has 1 aliphatic rings. The summed E-state index contributed by atoms with van der Waals surface area (Å²) in [6, 6.07) is 2.96. The first kappa shape index (κ1) is 12.0. The van der Waals surface area contributed by atoms with E-state index in [1.165, 1.54) is 6.07 Å². The van der Waals surface area contributed by atoms with E-state index in [0.717, 1.165) is 18.6 Å². The number of aromatic nitrogens is 2. The highest BCUT2D eigenvalue weighted by Gasteiger charge is 2.16. The molecular weight excluding hydrogens is 277 g/mol. The van der Waals surface area contributed by atoms with Gasteiger partial charge in [-0.05, 0) is 18.3 Å². The molecule has 7 heteroatoms. The molecule has 3 rings (SSSR count). The van der Waals surface area contributed by atoms with Gasteiger partial charge in [0, 0.05) is 6.07 Å². The Hall–Kier alpha value is -1.11. The fourth-order valence-electron chi connectivity index (χ4n) is 2.12. The summed E-state index contributed by atoms with van der Waals surface area (Å²) in [6.07, 6.45) is 0. The molecule has 0 atom stereocenters. The molecule has 1 aromatic heterocycles. The molecule has 18 heavy (non-hydrogen) atoms. The summed E-state index contributed by atoms with van der Waals surface area (Å²) in [5, 5.41) is 2.13. The number of aromatic amines is 1. The number of benzene rings is 1. The third kappa shape index (κ3) is 1.90. The fourth-order valence-corrected chi connectivity index (χ4v) is 2.61. The Morgan fingerprint density at radius 2 is 2.06 bits per heavy atom. The first-order valence-corrected chi connectivity index (χ1v) is 6.38. The molecule has 4 nitrogen and oxygen atoms in total. The molecule has 0 unspecified atom stereocenters. The molecule has 0 spiro atoms. The van der Waals surface area contributed by atoms with Crippen molar-refractivity contribution in [1.82, 2.24) is 9.66 Å². The van der Waals surface area contributed by atoms with Crippen molar-refractivity contribution >= 4 is 34.9 Å². The third-order valence-electron chi connectivity index (χ3n) is 2.97. The Balaban J connectivity index is 2.18. The fraction of sp³-hybridized carbons (Fsp3) is 0.364. The molecule has 2 aromatic rings. The largest absolute Gasteiger partial charge is 0.378 e. The lowest BCUT2D eigenvalue weighted by atomic mass is 10.3. The van der Waals surface area contributed by atoms with E-state index < -0.39 is 5.82 Å². The van der Waals surface area contributed by atoms with Gasteiger partial charge in [-0.2, -0.15) is 0 Å². The van der Waals surface area contributed by atoms with Gasteiger partial charge in [0.05, 0.1) is 42.4 Å². The number of ether oxygens (including phenoxy) is 1. The monoisotopic (exact) mass is 287 g/mol. The number of nitrogens with zero attached hydrogens (tertiary/aromatic N) is 2. The molecule has 96 valence electrons. The summed E-state index contributed by atoms with van der Waals surface area (Å²) < 4.78 is 21.2. The number of H-pyrrole nitrogens is 1. The Labute approximate surface area is 113 Å². The highest BCUT2D eigenvalue weighted by molar-refractivity contribution is 7.71. The predicted molar refractivity (Wildman–Crippen MR) is 70.9 cm³/mol. The average molecular weight is 288 g/mol. The summed E-state index contributed by atoms with van der Waals surface area (Å²) in [5.41, 5.74) is 1.43. The maximum Gasteiger partial charge on any atom is 0.197 e. The molecule has 0 saturated carbocycles. The maximum absolute atomic E-state index is 13.6. The third-order valence-corrected chi connectivity index (χ3v) is 3.54. The molecule has 0 amide bonds. The standard InChI is InChI=1S/C11H11ClFN3OS/c12-7-5-9-10(6-8(7)13)16(11(18)14-9)15-1-3-17-4-2-15/h5-6H,1-4H2,(H,14,18). The van der Waals surface area contributed by atoms with Gasteiger partial charge in [0.2, 0.25) is 0 Å². The number of morpholine rings is 1. The minimum absolute atomic E-state index is 0.0906. The van der Waals surface area contributed by atoms with Gasteiger partial charge in [0.25, 0.3) is 0 Å². The number of hydrogen-bond donors (Lipinski definition) is 1. The van der Waals surface area contributed by atoms with Crippen molar-refractivity contribution in [2.45, 2.75) is 0 Å². The summed E-state index contributed by atoms with van der Waals surface area (Å²) in [5.74, 6) is -0.444. The van der Waals surface area contributed by atoms with Crippen LogP contribution in [-0.2, 0) is 4.74 Å². The molecule has 2 heterocycles. The lowest BCUT2D eigenvalue weighted by Gasteiger charge is -2.29. The van der Waals surface area contributed by atoms with E-state index in [1.54, 1.807) is 6.07 Å². The maximum atomic E-state index is 13.6. The molecule has 1 fully saturated rings. The lowest BCUT2D eigenvalue weighted by Crippen LogP contribution is -2.43. The molecule has 1 N–H and O–H groups in total. The normalized spacial score (nSPS) is 16.4. The summed E-state index contributed by atoms with van der Waals surface area (Å²) >= 11 is 11.0. The zero-order chi connectivity index (χ0) is 12.7. The van der Waals surface area contributed by atoms with Crippen molar-refractivity contribution in [1.29, 1.82) is 0 Å². The summed E-state index contributed by atoms with van der Waals surface area (Å²) in [7, 11) is 0. The second-order valence-electron chi connectivity index (χ2n) is 4.09. The number of rotatable bonds is 1. The van der Waals surface area contributed by atoms with Crippen molar-refractivity contribution in [2.24, 2.45) is 0 Å². The SMILES string of the molecule is Fc1cc2c(cc1Cl)[nH]c(=S)n2N1CCOCC1. The number of fused-ring (bicyclic) bond motifs is 1. The van der Waals surface area contributed by atoms with Gasteiger partial charge < -0.3 is 14.7 Å². The van der Waals surface area contributed by atoms with Gasteiger partial charge in [-0.25, -0.2) is 9.07 Å². The highest BCUT2D eigenvalue weighted by atomic mass is 35.5. The summed E-state index contributed by atoms with van der Waals surface area (Å²) in [4.78, 5) is 3.04. The Morgan fingerprint density at radius 1 is 1.33 bits per heavy atom. The molecule has 0 radical (unpaired) electrons. The Morgan fingerprint density at radius 3 is 2.78 bits per heavy atom. The first-order chi connectivity index (χ1) is 8.66. The zero-order valence-corrected chi connectivity index (χ0v) is 11.0. The molecule has 0 aliphatic carbocycles. The van der Waals surface area contributed by atoms with Crippen LogP contribution < -0.4 is 5.01 Å². The van der Waals surface area contributed by atoms with Gasteiger partial charge in [-0.1, -0.05) is 11.6 Å². The number of halogens is 2. The zero-order valence-electron chi connectivity index (χ0n) is 9.45. The minimum atomic E-state index is -0.444. The van der Waals surface area contributed by atoms with Crippen LogP contribution in [0.3, 0.4) is 0 Å². The lowest BCUT2D eigenvalue weighted by molar-refractivity contribution is 0.111. The van der Waals surface area contributed by atoms with Crippen molar-refractivity contribution in [2.75, 3.05) is 31.3 Å². The van der Waals surface area contributed by atoms with Crippen LogP contribution in [0, 0.1) is 10.6 Å². The van der Waals surface area contributed by atoms with E-state index in [0.29, 0.717) is 23.5 Å². The van der Waals surface area contributed by atoms with Crippen LogP contribution in [0.25, 0.3) is 11.0 Å². The van der Waals surface area contributed by atoms with Crippen LogP contribution in [-0.4, -0.2) is 36.0 Å². The molecular formula is C11H11ClFN3OS. The second-order valence-corrected chi connectivity index (χ2v) is 4.89. The van der Waals surface area contributed by atoms with E-state index in [-0.39, 0.29) is 5.02 Å². The van der Waals surface area contributed by atoms with Crippen LogP contribution in [0.2, 0.25) is 5.02 Å². The molecule has 1 aliphatic heterocycles. The van der Waals surface area contributed by atoms with Gasteiger partial charge >= 0.3 is 0 Å². The quantitative estimate of drug-likeness (QED) is 0.818. The number of imidazole rings is 1. The Bertz CT molecular complexity index is 648. The van der Waals surface area contributed by atoms with Crippen molar-refractivity contribution in [3.63, 3.8) is 0 Å². The average Bonchev–Trinajstić information content (AvgIpc) is 2.66. The summed E-state index contributed by atoms with van der Waals surface area (Å²) in [6.45, 7) is 2.74. The van der Waals surface area contributed by atoms with Crippen LogP contribution in [0.5, 0.6) is 0 Å². The Kier molecular flexibility index (Phi) is 3.01. The van der Waals surface area contributed by atoms with E-state index in [9.17, 15) is 4.39 Å². The smallest absolute Gasteiger partial charge is 0.197 e. The van der Waals surface area contributed by atoms with Crippen LogP contribution in [0.15, 0.2) is 12.1 Å². The van der Waals surface area contributed by atoms with Crippen molar-refractivity contribution in [3.05, 3.63) is 27.7 Å². The highest BCUT2D eigenvalue weighted by Crippen LogP contribution is 2.23. The van der Waals surface area contributed by atoms with E-state index in [4.69, 9.17) is 28.6 Å². The predicted octanol–water partition coefficient (Wildman–Crippen LogP) is 2.46. The molecule has 0 bridgehead atoms. The van der Waals surface area contributed by atoms with Crippen molar-refractivity contribution < 1.29 is 9.13 Å². The molecule has 1 aromatic carbocycles. The van der Waals surface area contributed by atoms with Gasteiger partial charge in [-0.3, -0.25) is 0 Å². The number of hydrogen-bond acceptors (Lipinski definition) is 3. The van der Waals surface area contributed by atoms with Crippen LogP contribution in [0.1, 0.15) is 0 Å². The van der Waals surface area contributed by atoms with Gasteiger partial charge in [0.1, 0.15) is 5.82 Å².